The highest BCUT2D eigenvalue weighted by molar-refractivity contribution is 7.98. The fraction of sp³-hybridized carbons (Fsp3) is 0.222. The molecule has 0 saturated heterocycles. The minimum absolute atomic E-state index is 0.207. The highest BCUT2D eigenvalue weighted by atomic mass is 32.2. The fourth-order valence-corrected chi connectivity index (χ4v) is 2.91. The van der Waals surface area contributed by atoms with Crippen molar-refractivity contribution in [3.63, 3.8) is 0 Å². The number of hydrogen-bond acceptors (Lipinski definition) is 6. The predicted octanol–water partition coefficient (Wildman–Crippen LogP) is 2.61. The van der Waals surface area contributed by atoms with E-state index in [-0.39, 0.29) is 19.3 Å². The van der Waals surface area contributed by atoms with Gasteiger partial charge in [-0.2, -0.15) is 0 Å². The van der Waals surface area contributed by atoms with Crippen LogP contribution in [0.25, 0.3) is 0 Å². The summed E-state index contributed by atoms with van der Waals surface area (Å²) in [6, 6.07) is 12.6. The number of esters is 1. The molecule has 0 bridgehead atoms. The van der Waals surface area contributed by atoms with Crippen molar-refractivity contribution >= 4 is 23.6 Å². The highest BCUT2D eigenvalue weighted by Crippen LogP contribution is 2.32. The SMILES string of the molecule is CSc1ccccc1C(=O)OCC(=O)NCc1ccc2c(c1)OCO2. The zero-order valence-corrected chi connectivity index (χ0v) is 14.4. The molecule has 130 valence electrons. The molecule has 0 spiro atoms. The van der Waals surface area contributed by atoms with Gasteiger partial charge in [0.25, 0.3) is 5.91 Å². The summed E-state index contributed by atoms with van der Waals surface area (Å²) in [6.45, 7) is 0.194. The molecule has 3 rings (SSSR count). The molecular formula is C18H17NO5S. The van der Waals surface area contributed by atoms with Gasteiger partial charge >= 0.3 is 5.97 Å². The average Bonchev–Trinajstić information content (AvgIpc) is 3.12. The highest BCUT2D eigenvalue weighted by Gasteiger charge is 2.15. The summed E-state index contributed by atoms with van der Waals surface area (Å²) < 4.78 is 15.6. The first-order chi connectivity index (χ1) is 12.2. The molecule has 6 nitrogen and oxygen atoms in total. The van der Waals surface area contributed by atoms with Gasteiger partial charge in [0, 0.05) is 11.4 Å². The maximum absolute atomic E-state index is 12.1. The molecule has 1 aliphatic heterocycles. The van der Waals surface area contributed by atoms with E-state index in [1.807, 2.05) is 30.5 Å². The Hall–Kier alpha value is -2.67. The number of fused-ring (bicyclic) bond motifs is 1. The summed E-state index contributed by atoms with van der Waals surface area (Å²) in [5, 5.41) is 2.71. The normalized spacial score (nSPS) is 11.9. The Morgan fingerprint density at radius 2 is 1.96 bits per heavy atom. The van der Waals surface area contributed by atoms with E-state index in [2.05, 4.69) is 5.32 Å². The number of carbonyl (C=O) groups is 2. The van der Waals surface area contributed by atoms with Crippen LogP contribution in [0.15, 0.2) is 47.4 Å². The Balaban J connectivity index is 1.49. The zero-order chi connectivity index (χ0) is 17.6. The Bertz CT molecular complexity index is 793. The molecule has 1 heterocycles. The minimum atomic E-state index is -0.511. The van der Waals surface area contributed by atoms with Crippen molar-refractivity contribution in [1.29, 1.82) is 0 Å². The predicted molar refractivity (Wildman–Crippen MR) is 92.9 cm³/mol. The lowest BCUT2D eigenvalue weighted by Crippen LogP contribution is -2.28. The molecule has 0 saturated carbocycles. The lowest BCUT2D eigenvalue weighted by atomic mass is 10.2. The lowest BCUT2D eigenvalue weighted by molar-refractivity contribution is -0.124. The monoisotopic (exact) mass is 359 g/mol. The van der Waals surface area contributed by atoms with Crippen LogP contribution in [0.5, 0.6) is 11.5 Å². The van der Waals surface area contributed by atoms with Gasteiger partial charge < -0.3 is 19.5 Å². The molecule has 1 aliphatic rings. The molecule has 2 aromatic rings. The molecule has 0 fully saturated rings. The molecule has 7 heteroatoms. The summed E-state index contributed by atoms with van der Waals surface area (Å²) in [7, 11) is 0. The number of amides is 1. The third-order valence-corrected chi connectivity index (χ3v) is 4.38. The molecule has 1 N–H and O–H groups in total. The Kier molecular flexibility index (Phi) is 5.45. The number of rotatable bonds is 6. The van der Waals surface area contributed by atoms with Crippen molar-refractivity contribution in [2.45, 2.75) is 11.4 Å². The van der Waals surface area contributed by atoms with Crippen molar-refractivity contribution in [3.8, 4) is 11.5 Å². The molecular weight excluding hydrogens is 342 g/mol. The van der Waals surface area contributed by atoms with Crippen LogP contribution in [0.1, 0.15) is 15.9 Å². The molecule has 0 atom stereocenters. The first kappa shape index (κ1) is 17.2. The first-order valence-corrected chi connectivity index (χ1v) is 8.85. The molecule has 0 aliphatic carbocycles. The summed E-state index contributed by atoms with van der Waals surface area (Å²) >= 11 is 1.45. The summed E-state index contributed by atoms with van der Waals surface area (Å²) in [5.74, 6) is 0.471. The van der Waals surface area contributed by atoms with Gasteiger partial charge in [-0.25, -0.2) is 4.79 Å². The van der Waals surface area contributed by atoms with Crippen molar-refractivity contribution in [2.75, 3.05) is 19.7 Å². The van der Waals surface area contributed by atoms with Gasteiger partial charge in [0.15, 0.2) is 18.1 Å². The number of benzene rings is 2. The molecule has 1 amide bonds. The Morgan fingerprint density at radius 3 is 2.80 bits per heavy atom. The van der Waals surface area contributed by atoms with Crippen LogP contribution in [0.3, 0.4) is 0 Å². The van der Waals surface area contributed by atoms with E-state index in [9.17, 15) is 9.59 Å². The van der Waals surface area contributed by atoms with Crippen LogP contribution < -0.4 is 14.8 Å². The second-order valence-electron chi connectivity index (χ2n) is 5.24. The number of nitrogens with one attached hydrogen (secondary N) is 1. The fourth-order valence-electron chi connectivity index (χ4n) is 2.32. The largest absolute Gasteiger partial charge is 0.454 e. The van der Waals surface area contributed by atoms with Crippen molar-refractivity contribution in [1.82, 2.24) is 5.32 Å². The quantitative estimate of drug-likeness (QED) is 0.631. The topological polar surface area (TPSA) is 73.9 Å². The second-order valence-corrected chi connectivity index (χ2v) is 6.09. The van der Waals surface area contributed by atoms with E-state index < -0.39 is 5.97 Å². The van der Waals surface area contributed by atoms with Gasteiger partial charge in [-0.3, -0.25) is 4.79 Å². The molecule has 0 aromatic heterocycles. The first-order valence-electron chi connectivity index (χ1n) is 7.63. The van der Waals surface area contributed by atoms with Gasteiger partial charge in [-0.05, 0) is 36.1 Å². The Morgan fingerprint density at radius 1 is 1.16 bits per heavy atom. The molecule has 2 aromatic carbocycles. The van der Waals surface area contributed by atoms with E-state index in [4.69, 9.17) is 14.2 Å². The van der Waals surface area contributed by atoms with E-state index >= 15 is 0 Å². The van der Waals surface area contributed by atoms with E-state index in [0.717, 1.165) is 10.5 Å². The number of ether oxygens (including phenoxy) is 3. The average molecular weight is 359 g/mol. The van der Waals surface area contributed by atoms with Crippen LogP contribution in [-0.4, -0.2) is 31.5 Å². The van der Waals surface area contributed by atoms with E-state index in [1.165, 1.54) is 11.8 Å². The van der Waals surface area contributed by atoms with Crippen LogP contribution >= 0.6 is 11.8 Å². The lowest BCUT2D eigenvalue weighted by Gasteiger charge is -2.09. The molecule has 25 heavy (non-hydrogen) atoms. The third kappa shape index (κ3) is 4.24. The van der Waals surface area contributed by atoms with Gasteiger partial charge in [-0.1, -0.05) is 18.2 Å². The molecule has 0 unspecified atom stereocenters. The maximum atomic E-state index is 12.1. The van der Waals surface area contributed by atoms with Gasteiger partial charge in [-0.15, -0.1) is 11.8 Å². The van der Waals surface area contributed by atoms with Gasteiger partial charge in [0.05, 0.1) is 5.56 Å². The smallest absolute Gasteiger partial charge is 0.339 e. The van der Waals surface area contributed by atoms with Crippen LogP contribution in [0, 0.1) is 0 Å². The number of carbonyl (C=O) groups excluding carboxylic acids is 2. The maximum Gasteiger partial charge on any atom is 0.339 e. The summed E-state index contributed by atoms with van der Waals surface area (Å²) in [5.41, 5.74) is 1.33. The summed E-state index contributed by atoms with van der Waals surface area (Å²) in [6.07, 6.45) is 1.88. The van der Waals surface area contributed by atoms with Crippen LogP contribution in [-0.2, 0) is 16.1 Å². The number of hydrogen-bond donors (Lipinski definition) is 1. The Labute approximate surface area is 149 Å². The van der Waals surface area contributed by atoms with E-state index in [1.54, 1.807) is 18.2 Å². The minimum Gasteiger partial charge on any atom is -0.454 e. The third-order valence-electron chi connectivity index (χ3n) is 3.59. The summed E-state index contributed by atoms with van der Waals surface area (Å²) in [4.78, 5) is 24.8. The van der Waals surface area contributed by atoms with E-state index in [0.29, 0.717) is 23.6 Å². The zero-order valence-electron chi connectivity index (χ0n) is 13.6. The second kappa shape index (κ2) is 7.94. The van der Waals surface area contributed by atoms with Gasteiger partial charge in [0.2, 0.25) is 6.79 Å². The standard InChI is InChI=1S/C18H17NO5S/c1-25-16-5-3-2-4-13(16)18(21)22-10-17(20)19-9-12-6-7-14-15(8-12)24-11-23-14/h2-8H,9-11H2,1H3,(H,19,20). The number of thioether (sulfide) groups is 1. The molecule has 0 radical (unpaired) electrons. The van der Waals surface area contributed by atoms with Crippen LogP contribution in [0.2, 0.25) is 0 Å². The van der Waals surface area contributed by atoms with Crippen molar-refractivity contribution in [3.05, 3.63) is 53.6 Å². The van der Waals surface area contributed by atoms with Gasteiger partial charge in [0.1, 0.15) is 0 Å². The van der Waals surface area contributed by atoms with Crippen molar-refractivity contribution in [2.24, 2.45) is 0 Å². The van der Waals surface area contributed by atoms with Crippen LogP contribution in [0.4, 0.5) is 0 Å². The van der Waals surface area contributed by atoms with Crippen molar-refractivity contribution < 1.29 is 23.8 Å².